The van der Waals surface area contributed by atoms with Crippen molar-refractivity contribution in [2.24, 2.45) is 0 Å². The van der Waals surface area contributed by atoms with Gasteiger partial charge in [-0.3, -0.25) is 10.00 Å². The summed E-state index contributed by atoms with van der Waals surface area (Å²) < 4.78 is 38.8. The van der Waals surface area contributed by atoms with Crippen molar-refractivity contribution in [1.82, 2.24) is 15.1 Å². The number of likely N-dealkylation sites (tertiary alicyclic amines) is 1. The fourth-order valence-electron chi connectivity index (χ4n) is 4.32. The molecule has 1 N–H and O–H groups in total. The molecule has 2 aliphatic rings. The minimum atomic E-state index is -0.582. The Labute approximate surface area is 167 Å². The Morgan fingerprint density at radius 2 is 2.07 bits per heavy atom. The molecule has 2 aromatic carbocycles. The molecule has 0 amide bonds. The maximum Gasteiger partial charge on any atom is 0.231 e. The first-order chi connectivity index (χ1) is 14.2. The van der Waals surface area contributed by atoms with E-state index in [4.69, 9.17) is 9.47 Å². The van der Waals surface area contributed by atoms with E-state index in [-0.39, 0.29) is 12.7 Å². The molecule has 2 aliphatic heterocycles. The number of piperidine rings is 1. The maximum absolute atomic E-state index is 14.3. The number of aromatic nitrogens is 2. The number of nitrogens with one attached hydrogen (secondary N) is 1. The number of benzene rings is 2. The van der Waals surface area contributed by atoms with Crippen molar-refractivity contribution in [1.29, 1.82) is 0 Å². The highest BCUT2D eigenvalue weighted by Crippen LogP contribution is 2.38. The zero-order valence-electron chi connectivity index (χ0n) is 15.8. The first-order valence-corrected chi connectivity index (χ1v) is 9.77. The summed E-state index contributed by atoms with van der Waals surface area (Å²) in [7, 11) is 0. The predicted molar refractivity (Wildman–Crippen MR) is 104 cm³/mol. The van der Waals surface area contributed by atoms with Crippen LogP contribution < -0.4 is 9.47 Å². The van der Waals surface area contributed by atoms with E-state index >= 15 is 0 Å². The fraction of sp³-hybridized carbons (Fsp3) is 0.318. The fourth-order valence-corrected chi connectivity index (χ4v) is 4.32. The highest BCUT2D eigenvalue weighted by Gasteiger charge is 2.27. The quantitative estimate of drug-likeness (QED) is 0.706. The molecule has 0 radical (unpaired) electrons. The summed E-state index contributed by atoms with van der Waals surface area (Å²) in [4.78, 5) is 2.37. The average molecular weight is 397 g/mol. The number of nitrogens with zero attached hydrogens (tertiary/aromatic N) is 2. The topological polar surface area (TPSA) is 50.4 Å². The Morgan fingerprint density at radius 3 is 2.97 bits per heavy atom. The van der Waals surface area contributed by atoms with Gasteiger partial charge in [0.1, 0.15) is 11.6 Å². The number of fused-ring (bicyclic) bond motifs is 1. The van der Waals surface area contributed by atoms with Crippen LogP contribution in [0.2, 0.25) is 0 Å². The second-order valence-corrected chi connectivity index (χ2v) is 7.55. The largest absolute Gasteiger partial charge is 0.454 e. The van der Waals surface area contributed by atoms with Crippen molar-refractivity contribution in [3.63, 3.8) is 0 Å². The highest BCUT2D eigenvalue weighted by molar-refractivity contribution is 5.66. The number of aromatic amines is 1. The Bertz CT molecular complexity index is 1040. The number of ether oxygens (including phenoxy) is 2. The number of rotatable bonds is 4. The van der Waals surface area contributed by atoms with E-state index in [1.165, 1.54) is 12.1 Å². The van der Waals surface area contributed by atoms with Crippen LogP contribution in [0.25, 0.3) is 11.1 Å². The van der Waals surface area contributed by atoms with Gasteiger partial charge in [-0.1, -0.05) is 12.1 Å². The monoisotopic (exact) mass is 397 g/mol. The molecule has 5 rings (SSSR count). The molecule has 3 aromatic rings. The summed E-state index contributed by atoms with van der Waals surface area (Å²) in [6, 6.07) is 9.63. The second kappa shape index (κ2) is 7.48. The van der Waals surface area contributed by atoms with E-state index in [1.54, 1.807) is 6.20 Å². The SMILES string of the molecule is Fc1ccc(-c2cn[nH]c2C2CCCN(Cc3cccc4c3OCO4)C2)c(F)c1. The molecule has 0 aliphatic carbocycles. The molecular formula is C22H21F2N3O2. The lowest BCUT2D eigenvalue weighted by atomic mass is 9.90. The van der Waals surface area contributed by atoms with E-state index in [0.717, 1.165) is 61.3 Å². The Balaban J connectivity index is 1.37. The molecule has 1 fully saturated rings. The Hall–Kier alpha value is -2.93. The summed E-state index contributed by atoms with van der Waals surface area (Å²) >= 11 is 0. The van der Waals surface area contributed by atoms with Crippen molar-refractivity contribution < 1.29 is 18.3 Å². The Kier molecular flexibility index (Phi) is 4.67. The van der Waals surface area contributed by atoms with Crippen molar-refractivity contribution >= 4 is 0 Å². The van der Waals surface area contributed by atoms with Crippen molar-refractivity contribution in [3.05, 3.63) is 65.5 Å². The van der Waals surface area contributed by atoms with Gasteiger partial charge in [-0.25, -0.2) is 8.78 Å². The number of halogens is 2. The molecule has 7 heteroatoms. The predicted octanol–water partition coefficient (Wildman–Crippen LogP) is 4.46. The molecule has 1 saturated heterocycles. The van der Waals surface area contributed by atoms with Crippen LogP contribution in [0.4, 0.5) is 8.78 Å². The van der Waals surface area contributed by atoms with Crippen LogP contribution in [0.3, 0.4) is 0 Å². The zero-order valence-corrected chi connectivity index (χ0v) is 15.8. The van der Waals surface area contributed by atoms with E-state index in [9.17, 15) is 8.78 Å². The normalized spacial score (nSPS) is 18.9. The molecule has 1 atom stereocenters. The Morgan fingerprint density at radius 1 is 1.14 bits per heavy atom. The number of hydrogen-bond donors (Lipinski definition) is 1. The van der Waals surface area contributed by atoms with Gasteiger partial charge >= 0.3 is 0 Å². The molecule has 0 bridgehead atoms. The van der Waals surface area contributed by atoms with Gasteiger partial charge in [-0.05, 0) is 37.6 Å². The van der Waals surface area contributed by atoms with Crippen LogP contribution in [0, 0.1) is 11.6 Å². The van der Waals surface area contributed by atoms with Gasteiger partial charge in [-0.15, -0.1) is 0 Å². The van der Waals surface area contributed by atoms with Gasteiger partial charge in [0.05, 0.1) is 6.20 Å². The number of para-hydroxylation sites is 1. The second-order valence-electron chi connectivity index (χ2n) is 7.55. The molecule has 1 unspecified atom stereocenters. The molecule has 3 heterocycles. The summed E-state index contributed by atoms with van der Waals surface area (Å²) in [6.07, 6.45) is 3.64. The average Bonchev–Trinajstić information content (AvgIpc) is 3.38. The third-order valence-corrected chi connectivity index (χ3v) is 5.68. The van der Waals surface area contributed by atoms with Gasteiger partial charge < -0.3 is 9.47 Å². The smallest absolute Gasteiger partial charge is 0.231 e. The van der Waals surface area contributed by atoms with Crippen molar-refractivity contribution in [3.8, 4) is 22.6 Å². The van der Waals surface area contributed by atoms with Crippen LogP contribution in [0.15, 0.2) is 42.6 Å². The number of H-pyrrole nitrogens is 1. The van der Waals surface area contributed by atoms with Crippen LogP contribution in [0.1, 0.15) is 30.0 Å². The summed E-state index contributed by atoms with van der Waals surface area (Å²) in [5.74, 6) is 0.655. The third kappa shape index (κ3) is 3.46. The molecular weight excluding hydrogens is 376 g/mol. The van der Waals surface area contributed by atoms with Crippen LogP contribution in [-0.4, -0.2) is 35.0 Å². The lowest BCUT2D eigenvalue weighted by Crippen LogP contribution is -2.34. The minimum Gasteiger partial charge on any atom is -0.454 e. The van der Waals surface area contributed by atoms with E-state index in [0.29, 0.717) is 11.1 Å². The van der Waals surface area contributed by atoms with E-state index < -0.39 is 11.6 Å². The van der Waals surface area contributed by atoms with Crippen LogP contribution in [0.5, 0.6) is 11.5 Å². The van der Waals surface area contributed by atoms with Gasteiger partial charge in [0.15, 0.2) is 11.5 Å². The van der Waals surface area contributed by atoms with Gasteiger partial charge in [0.25, 0.3) is 0 Å². The van der Waals surface area contributed by atoms with Crippen LogP contribution >= 0.6 is 0 Å². The highest BCUT2D eigenvalue weighted by atomic mass is 19.1. The molecule has 150 valence electrons. The first-order valence-electron chi connectivity index (χ1n) is 9.77. The lowest BCUT2D eigenvalue weighted by molar-refractivity contribution is 0.169. The lowest BCUT2D eigenvalue weighted by Gasteiger charge is -2.33. The minimum absolute atomic E-state index is 0.194. The molecule has 0 saturated carbocycles. The summed E-state index contributed by atoms with van der Waals surface area (Å²) in [6.45, 7) is 2.82. The van der Waals surface area contributed by atoms with Crippen LogP contribution in [-0.2, 0) is 6.54 Å². The maximum atomic E-state index is 14.3. The zero-order chi connectivity index (χ0) is 19.8. The number of hydrogen-bond acceptors (Lipinski definition) is 4. The molecule has 1 aromatic heterocycles. The standard InChI is InChI=1S/C22H21F2N3O2/c23-16-6-7-17(19(24)9-16)18-10-25-26-21(18)14-4-2-8-27(11-14)12-15-3-1-5-20-22(15)29-13-28-20/h1,3,5-7,9-10,14H,2,4,8,11-13H2,(H,25,26). The third-order valence-electron chi connectivity index (χ3n) is 5.68. The first kappa shape index (κ1) is 18.1. The van der Waals surface area contributed by atoms with E-state index in [1.807, 2.05) is 12.1 Å². The van der Waals surface area contributed by atoms with Gasteiger partial charge in [-0.2, -0.15) is 5.10 Å². The molecule has 29 heavy (non-hydrogen) atoms. The molecule has 5 nitrogen and oxygen atoms in total. The van der Waals surface area contributed by atoms with Gasteiger partial charge in [0, 0.05) is 47.5 Å². The van der Waals surface area contributed by atoms with Crippen molar-refractivity contribution in [2.45, 2.75) is 25.3 Å². The summed E-state index contributed by atoms with van der Waals surface area (Å²) in [5, 5.41) is 7.21. The summed E-state index contributed by atoms with van der Waals surface area (Å²) in [5.41, 5.74) is 3.08. The van der Waals surface area contributed by atoms with E-state index in [2.05, 4.69) is 21.2 Å². The molecule has 0 spiro atoms. The van der Waals surface area contributed by atoms with Crippen molar-refractivity contribution in [2.75, 3.05) is 19.9 Å². The van der Waals surface area contributed by atoms with Gasteiger partial charge in [0.2, 0.25) is 6.79 Å².